The third-order valence-corrected chi connectivity index (χ3v) is 2.51. The summed E-state index contributed by atoms with van der Waals surface area (Å²) < 4.78 is 0. The van der Waals surface area contributed by atoms with Crippen LogP contribution in [0.4, 0.5) is 4.79 Å². The predicted molar refractivity (Wildman–Crippen MR) is 54.3 cm³/mol. The molecule has 1 unspecified atom stereocenters. The number of aromatic nitrogens is 2. The minimum absolute atomic E-state index is 0.361. The number of hydrogen-bond donors (Lipinski definition) is 3. The summed E-state index contributed by atoms with van der Waals surface area (Å²) in [5.41, 5.74) is 2.09. The maximum Gasteiger partial charge on any atom is 0.322 e. The molecule has 3 rings (SSSR count). The van der Waals surface area contributed by atoms with Crippen LogP contribution in [0.1, 0.15) is 11.6 Å². The number of aromatic amines is 1. The fraction of sp³-hybridized carbons (Fsp3) is 0.100. The van der Waals surface area contributed by atoms with Gasteiger partial charge in [0, 0.05) is 5.56 Å². The van der Waals surface area contributed by atoms with Crippen LogP contribution in [-0.2, 0) is 4.79 Å². The number of urea groups is 1. The molecule has 79 valence electrons. The van der Waals surface area contributed by atoms with Crippen molar-refractivity contribution in [2.24, 2.45) is 0 Å². The van der Waals surface area contributed by atoms with E-state index < -0.39 is 12.1 Å². The van der Waals surface area contributed by atoms with E-state index in [1.54, 1.807) is 12.1 Å². The van der Waals surface area contributed by atoms with Crippen molar-refractivity contribution in [3.8, 4) is 0 Å². The molecule has 6 heteroatoms. The molecule has 3 N–H and O–H groups in total. The lowest BCUT2D eigenvalue weighted by molar-refractivity contribution is -0.120. The molecule has 2 aromatic rings. The average Bonchev–Trinajstić information content (AvgIpc) is 2.84. The lowest BCUT2D eigenvalue weighted by Gasteiger charge is -2.07. The third-order valence-electron chi connectivity index (χ3n) is 2.51. The van der Waals surface area contributed by atoms with Gasteiger partial charge < -0.3 is 10.3 Å². The molecule has 1 atom stereocenters. The number of rotatable bonds is 1. The minimum atomic E-state index is -0.673. The Labute approximate surface area is 90.1 Å². The van der Waals surface area contributed by atoms with Crippen molar-refractivity contribution in [1.82, 2.24) is 20.6 Å². The summed E-state index contributed by atoms with van der Waals surface area (Å²) in [7, 11) is 0. The molecule has 16 heavy (non-hydrogen) atoms. The molecule has 0 spiro atoms. The van der Waals surface area contributed by atoms with Crippen molar-refractivity contribution in [2.75, 3.05) is 0 Å². The second kappa shape index (κ2) is 3.06. The van der Waals surface area contributed by atoms with Gasteiger partial charge in [-0.3, -0.25) is 10.1 Å². The van der Waals surface area contributed by atoms with Gasteiger partial charge in [0.15, 0.2) is 6.33 Å². The number of nitrogens with zero attached hydrogens (tertiary/aromatic N) is 1. The molecule has 1 aliphatic heterocycles. The van der Waals surface area contributed by atoms with Crippen molar-refractivity contribution < 1.29 is 9.59 Å². The Hall–Kier alpha value is -2.37. The Morgan fingerprint density at radius 2 is 2.19 bits per heavy atom. The Morgan fingerprint density at radius 3 is 2.94 bits per heavy atom. The third kappa shape index (κ3) is 1.16. The van der Waals surface area contributed by atoms with Gasteiger partial charge >= 0.3 is 6.03 Å². The van der Waals surface area contributed by atoms with Crippen molar-refractivity contribution in [3.05, 3.63) is 30.1 Å². The lowest BCUT2D eigenvalue weighted by Crippen LogP contribution is -2.22. The molecule has 1 fully saturated rings. The summed E-state index contributed by atoms with van der Waals surface area (Å²) in [4.78, 5) is 29.4. The van der Waals surface area contributed by atoms with Crippen LogP contribution in [-0.4, -0.2) is 21.9 Å². The van der Waals surface area contributed by atoms with Crippen LogP contribution in [0.25, 0.3) is 11.0 Å². The minimum Gasteiger partial charge on any atom is -0.335 e. The van der Waals surface area contributed by atoms with E-state index >= 15 is 0 Å². The highest BCUT2D eigenvalue weighted by Gasteiger charge is 2.32. The normalized spacial score (nSPS) is 19.9. The highest BCUT2D eigenvalue weighted by molar-refractivity contribution is 6.05. The smallest absolute Gasteiger partial charge is 0.322 e. The summed E-state index contributed by atoms with van der Waals surface area (Å²) in [6.07, 6.45) is 2.61. The van der Waals surface area contributed by atoms with E-state index in [2.05, 4.69) is 26.9 Å². The van der Waals surface area contributed by atoms with Gasteiger partial charge in [-0.25, -0.2) is 9.78 Å². The number of carbonyl (C=O) groups is 2. The van der Waals surface area contributed by atoms with Gasteiger partial charge in [0.25, 0.3) is 5.91 Å². The van der Waals surface area contributed by atoms with Gasteiger partial charge in [-0.2, -0.15) is 0 Å². The van der Waals surface area contributed by atoms with Crippen LogP contribution >= 0.6 is 0 Å². The first-order valence-corrected chi connectivity index (χ1v) is 4.72. The van der Waals surface area contributed by atoms with Crippen LogP contribution in [0.15, 0.2) is 18.2 Å². The first-order chi connectivity index (χ1) is 7.75. The van der Waals surface area contributed by atoms with E-state index in [1.807, 2.05) is 6.07 Å². The van der Waals surface area contributed by atoms with Crippen molar-refractivity contribution >= 4 is 23.0 Å². The second-order valence-electron chi connectivity index (χ2n) is 3.49. The monoisotopic (exact) mass is 215 g/mol. The van der Waals surface area contributed by atoms with E-state index in [9.17, 15) is 9.59 Å². The summed E-state index contributed by atoms with van der Waals surface area (Å²) in [5, 5.41) is 4.72. The molecule has 2 heterocycles. The van der Waals surface area contributed by atoms with Crippen LogP contribution < -0.4 is 10.6 Å². The number of imide groups is 1. The molecule has 0 bridgehead atoms. The van der Waals surface area contributed by atoms with Crippen LogP contribution in [0, 0.1) is 6.33 Å². The zero-order valence-corrected chi connectivity index (χ0v) is 8.07. The number of H-pyrrole nitrogens is 1. The van der Waals surface area contributed by atoms with E-state index in [0.717, 1.165) is 5.52 Å². The molecule has 1 aromatic carbocycles. The molecule has 0 saturated carbocycles. The quantitative estimate of drug-likeness (QED) is 0.595. The van der Waals surface area contributed by atoms with Crippen molar-refractivity contribution in [1.29, 1.82) is 0 Å². The molecule has 1 aromatic heterocycles. The topological polar surface area (TPSA) is 86.9 Å². The van der Waals surface area contributed by atoms with Gasteiger partial charge in [0.2, 0.25) is 0 Å². The number of fused-ring (bicyclic) bond motifs is 1. The van der Waals surface area contributed by atoms with Gasteiger partial charge in [-0.1, -0.05) is 12.1 Å². The molecule has 1 saturated heterocycles. The summed E-state index contributed by atoms with van der Waals surface area (Å²) in [6.45, 7) is 0. The zero-order chi connectivity index (χ0) is 11.1. The van der Waals surface area contributed by atoms with E-state index in [0.29, 0.717) is 11.1 Å². The van der Waals surface area contributed by atoms with Crippen LogP contribution in [0.5, 0.6) is 0 Å². The van der Waals surface area contributed by atoms with Crippen LogP contribution in [0.2, 0.25) is 0 Å². The second-order valence-corrected chi connectivity index (χ2v) is 3.49. The van der Waals surface area contributed by atoms with Crippen molar-refractivity contribution in [3.63, 3.8) is 0 Å². The first-order valence-electron chi connectivity index (χ1n) is 4.72. The molecule has 1 aliphatic rings. The number of carbonyl (C=O) groups excluding carboxylic acids is 2. The Balaban J connectivity index is 2.15. The SMILES string of the molecule is O=C1NC(=O)C(c2cccc3[nH][c]nc23)N1. The van der Waals surface area contributed by atoms with Crippen LogP contribution in [0.3, 0.4) is 0 Å². The van der Waals surface area contributed by atoms with E-state index in [4.69, 9.17) is 0 Å². The maximum atomic E-state index is 11.5. The lowest BCUT2D eigenvalue weighted by atomic mass is 10.1. The number of hydrogen-bond acceptors (Lipinski definition) is 3. The summed E-state index contributed by atoms with van der Waals surface area (Å²) >= 11 is 0. The standard InChI is InChI=1S/C10H7N4O2/c15-9-8(13-10(16)14-9)5-2-1-3-6-7(5)12-4-11-6/h1-3,8H,(H,11,12)(H2,13,14,15,16). The van der Waals surface area contributed by atoms with Crippen molar-refractivity contribution in [2.45, 2.75) is 6.04 Å². The summed E-state index contributed by atoms with van der Waals surface area (Å²) in [6, 6.07) is 4.23. The number of nitrogens with one attached hydrogen (secondary N) is 3. The molecular formula is C10H7N4O2. The Bertz CT molecular complexity index is 589. The number of para-hydroxylation sites is 1. The fourth-order valence-corrected chi connectivity index (χ4v) is 1.80. The molecule has 3 amide bonds. The highest BCUT2D eigenvalue weighted by atomic mass is 16.2. The molecule has 6 nitrogen and oxygen atoms in total. The number of benzene rings is 1. The number of amides is 3. The zero-order valence-electron chi connectivity index (χ0n) is 8.07. The Kier molecular flexibility index (Phi) is 1.70. The fourth-order valence-electron chi connectivity index (χ4n) is 1.80. The predicted octanol–water partition coefficient (Wildman–Crippen LogP) is 0.244. The van der Waals surface area contributed by atoms with Gasteiger partial charge in [0.1, 0.15) is 6.04 Å². The maximum absolute atomic E-state index is 11.5. The first kappa shape index (κ1) is 8.90. The molecular weight excluding hydrogens is 208 g/mol. The largest absolute Gasteiger partial charge is 0.335 e. The number of imidazole rings is 1. The van der Waals surface area contributed by atoms with Gasteiger partial charge in [-0.05, 0) is 6.07 Å². The van der Waals surface area contributed by atoms with Gasteiger partial charge in [0.05, 0.1) is 11.0 Å². The van der Waals surface area contributed by atoms with Gasteiger partial charge in [-0.15, -0.1) is 0 Å². The highest BCUT2D eigenvalue weighted by Crippen LogP contribution is 2.23. The Morgan fingerprint density at radius 1 is 1.31 bits per heavy atom. The van der Waals surface area contributed by atoms with E-state index in [1.165, 1.54) is 0 Å². The summed E-state index contributed by atoms with van der Waals surface area (Å²) in [5.74, 6) is -0.361. The molecule has 0 aliphatic carbocycles. The molecule has 1 radical (unpaired) electrons. The van der Waals surface area contributed by atoms with E-state index in [-0.39, 0.29) is 5.91 Å². The average molecular weight is 215 g/mol.